The smallest absolute Gasteiger partial charge is 0.171 e. The van der Waals surface area contributed by atoms with Crippen LogP contribution in [0.15, 0.2) is 78.9 Å². The number of rotatable bonds is 4. The molecule has 0 saturated carbocycles. The standard InChI is InChI=1S/C24H19NOS/c1-16-23(17(2)26)27-24(25-16)22-14-12-21(13-15-22)20-10-8-19(9-11-20)18-6-4-3-5-7-18/h3-15H,1-2H3. The van der Waals surface area contributed by atoms with Crippen molar-refractivity contribution in [2.45, 2.75) is 13.8 Å². The molecule has 2 nitrogen and oxygen atoms in total. The van der Waals surface area contributed by atoms with Crippen molar-refractivity contribution in [3.63, 3.8) is 0 Å². The normalized spacial score (nSPS) is 10.7. The number of thiazole rings is 1. The molecule has 1 aromatic heterocycles. The predicted octanol–water partition coefficient (Wildman–Crippen LogP) is 6.66. The number of benzene rings is 3. The third-order valence-electron chi connectivity index (χ3n) is 4.57. The summed E-state index contributed by atoms with van der Waals surface area (Å²) < 4.78 is 0. The zero-order valence-corrected chi connectivity index (χ0v) is 16.1. The average Bonchev–Trinajstić information content (AvgIpc) is 3.11. The number of aromatic nitrogens is 1. The molecule has 0 unspecified atom stereocenters. The van der Waals surface area contributed by atoms with Gasteiger partial charge in [0.15, 0.2) is 5.78 Å². The molecule has 3 aromatic carbocycles. The van der Waals surface area contributed by atoms with Gasteiger partial charge < -0.3 is 0 Å². The first-order valence-electron chi connectivity index (χ1n) is 8.86. The molecular formula is C24H19NOS. The number of hydrogen-bond acceptors (Lipinski definition) is 3. The van der Waals surface area contributed by atoms with E-state index >= 15 is 0 Å². The van der Waals surface area contributed by atoms with Gasteiger partial charge >= 0.3 is 0 Å². The second-order valence-electron chi connectivity index (χ2n) is 6.51. The maximum atomic E-state index is 11.7. The van der Waals surface area contributed by atoms with Crippen LogP contribution in [0.25, 0.3) is 32.8 Å². The summed E-state index contributed by atoms with van der Waals surface area (Å²) in [6, 6.07) is 27.4. The van der Waals surface area contributed by atoms with Gasteiger partial charge in [0.1, 0.15) is 5.01 Å². The Morgan fingerprint density at radius 2 is 1.15 bits per heavy atom. The average molecular weight is 369 g/mol. The molecule has 0 fully saturated rings. The molecule has 0 aliphatic rings. The van der Waals surface area contributed by atoms with E-state index in [9.17, 15) is 4.79 Å². The van der Waals surface area contributed by atoms with Crippen molar-refractivity contribution in [2.75, 3.05) is 0 Å². The molecular weight excluding hydrogens is 350 g/mol. The van der Waals surface area contributed by atoms with Crippen LogP contribution >= 0.6 is 11.3 Å². The van der Waals surface area contributed by atoms with E-state index < -0.39 is 0 Å². The number of hydrogen-bond donors (Lipinski definition) is 0. The Hall–Kier alpha value is -3.04. The van der Waals surface area contributed by atoms with Crippen LogP contribution in [0.2, 0.25) is 0 Å². The van der Waals surface area contributed by atoms with Gasteiger partial charge in [0.25, 0.3) is 0 Å². The zero-order valence-electron chi connectivity index (χ0n) is 15.3. The van der Waals surface area contributed by atoms with Crippen molar-refractivity contribution in [1.29, 1.82) is 0 Å². The second-order valence-corrected chi connectivity index (χ2v) is 7.51. The van der Waals surface area contributed by atoms with E-state index in [4.69, 9.17) is 0 Å². The lowest BCUT2D eigenvalue weighted by Gasteiger charge is -2.06. The maximum Gasteiger partial charge on any atom is 0.171 e. The van der Waals surface area contributed by atoms with E-state index in [2.05, 4.69) is 77.8 Å². The van der Waals surface area contributed by atoms with E-state index in [0.717, 1.165) is 21.1 Å². The molecule has 0 aliphatic heterocycles. The fourth-order valence-electron chi connectivity index (χ4n) is 3.14. The molecule has 0 radical (unpaired) electrons. The van der Waals surface area contributed by atoms with E-state index in [0.29, 0.717) is 0 Å². The van der Waals surface area contributed by atoms with Crippen molar-refractivity contribution in [3.8, 4) is 32.8 Å². The van der Waals surface area contributed by atoms with Crippen LogP contribution in [0.5, 0.6) is 0 Å². The van der Waals surface area contributed by atoms with Gasteiger partial charge in [-0.3, -0.25) is 4.79 Å². The first-order valence-corrected chi connectivity index (χ1v) is 9.68. The minimum Gasteiger partial charge on any atom is -0.294 e. The minimum atomic E-state index is 0.0753. The Balaban J connectivity index is 1.59. The molecule has 132 valence electrons. The fraction of sp³-hybridized carbons (Fsp3) is 0.0833. The van der Waals surface area contributed by atoms with Gasteiger partial charge in [0, 0.05) is 12.5 Å². The summed E-state index contributed by atoms with van der Waals surface area (Å²) in [6.45, 7) is 3.48. The Morgan fingerprint density at radius 3 is 1.59 bits per heavy atom. The van der Waals surface area contributed by atoms with Crippen molar-refractivity contribution in [3.05, 3.63) is 89.4 Å². The van der Waals surface area contributed by atoms with Gasteiger partial charge in [-0.1, -0.05) is 78.9 Å². The molecule has 3 heteroatoms. The van der Waals surface area contributed by atoms with E-state index in [1.807, 2.05) is 13.0 Å². The van der Waals surface area contributed by atoms with Gasteiger partial charge in [-0.15, -0.1) is 11.3 Å². The number of aryl methyl sites for hydroxylation is 1. The highest BCUT2D eigenvalue weighted by Gasteiger charge is 2.12. The lowest BCUT2D eigenvalue weighted by molar-refractivity contribution is 0.102. The number of nitrogens with zero attached hydrogens (tertiary/aromatic N) is 1. The van der Waals surface area contributed by atoms with Crippen molar-refractivity contribution >= 4 is 17.1 Å². The Bertz CT molecular complexity index is 1080. The quantitative estimate of drug-likeness (QED) is 0.377. The summed E-state index contributed by atoms with van der Waals surface area (Å²) in [5.41, 5.74) is 6.63. The molecule has 0 N–H and O–H groups in total. The first-order chi connectivity index (χ1) is 13.1. The lowest BCUT2D eigenvalue weighted by atomic mass is 10.00. The van der Waals surface area contributed by atoms with E-state index in [1.54, 1.807) is 6.92 Å². The Kier molecular flexibility index (Phi) is 4.69. The molecule has 0 atom stereocenters. The van der Waals surface area contributed by atoms with E-state index in [-0.39, 0.29) is 5.78 Å². The maximum absolute atomic E-state index is 11.7. The highest BCUT2D eigenvalue weighted by atomic mass is 32.1. The summed E-state index contributed by atoms with van der Waals surface area (Å²) >= 11 is 1.46. The van der Waals surface area contributed by atoms with Crippen LogP contribution in [-0.4, -0.2) is 10.8 Å². The predicted molar refractivity (Wildman–Crippen MR) is 113 cm³/mol. The Morgan fingerprint density at radius 1 is 0.704 bits per heavy atom. The topological polar surface area (TPSA) is 30.0 Å². The van der Waals surface area contributed by atoms with Crippen LogP contribution in [0, 0.1) is 6.92 Å². The van der Waals surface area contributed by atoms with Gasteiger partial charge in [0.2, 0.25) is 0 Å². The summed E-state index contributed by atoms with van der Waals surface area (Å²) in [6.07, 6.45) is 0. The minimum absolute atomic E-state index is 0.0753. The molecule has 1 heterocycles. The summed E-state index contributed by atoms with van der Waals surface area (Å²) in [5.74, 6) is 0.0753. The van der Waals surface area contributed by atoms with Crippen molar-refractivity contribution in [2.24, 2.45) is 0 Å². The highest BCUT2D eigenvalue weighted by molar-refractivity contribution is 7.17. The SMILES string of the molecule is CC(=O)c1sc(-c2ccc(-c3ccc(-c4ccccc4)cc3)cc2)nc1C. The third kappa shape index (κ3) is 3.60. The molecule has 0 bridgehead atoms. The van der Waals surface area contributed by atoms with Crippen LogP contribution < -0.4 is 0 Å². The number of Topliss-reactive ketones (excluding diaryl/α,β-unsaturated/α-hetero) is 1. The first kappa shape index (κ1) is 17.4. The highest BCUT2D eigenvalue weighted by Crippen LogP contribution is 2.31. The van der Waals surface area contributed by atoms with Gasteiger partial charge in [0.05, 0.1) is 10.6 Å². The molecule has 0 aliphatic carbocycles. The van der Waals surface area contributed by atoms with Crippen molar-refractivity contribution < 1.29 is 4.79 Å². The van der Waals surface area contributed by atoms with Gasteiger partial charge in [-0.2, -0.15) is 0 Å². The molecule has 0 saturated heterocycles. The fourth-order valence-corrected chi connectivity index (χ4v) is 4.10. The summed E-state index contributed by atoms with van der Waals surface area (Å²) in [4.78, 5) is 16.9. The number of carbonyl (C=O) groups excluding carboxylic acids is 1. The van der Waals surface area contributed by atoms with Crippen LogP contribution in [0.4, 0.5) is 0 Å². The third-order valence-corrected chi connectivity index (χ3v) is 5.88. The lowest BCUT2D eigenvalue weighted by Crippen LogP contribution is -1.89. The van der Waals surface area contributed by atoms with Gasteiger partial charge in [-0.05, 0) is 29.2 Å². The zero-order chi connectivity index (χ0) is 18.8. The van der Waals surface area contributed by atoms with Gasteiger partial charge in [-0.25, -0.2) is 4.98 Å². The number of ketones is 1. The molecule has 4 aromatic rings. The monoisotopic (exact) mass is 369 g/mol. The molecule has 0 spiro atoms. The largest absolute Gasteiger partial charge is 0.294 e. The summed E-state index contributed by atoms with van der Waals surface area (Å²) in [7, 11) is 0. The molecule has 0 amide bonds. The summed E-state index contributed by atoms with van der Waals surface area (Å²) in [5, 5.41) is 0.892. The van der Waals surface area contributed by atoms with Crippen LogP contribution in [0.1, 0.15) is 22.3 Å². The second kappa shape index (κ2) is 7.29. The molecule has 4 rings (SSSR count). The number of carbonyl (C=O) groups is 1. The van der Waals surface area contributed by atoms with E-state index in [1.165, 1.54) is 33.6 Å². The Labute approximate surface area is 163 Å². The van der Waals surface area contributed by atoms with Crippen LogP contribution in [-0.2, 0) is 0 Å². The molecule has 27 heavy (non-hydrogen) atoms. The van der Waals surface area contributed by atoms with Crippen LogP contribution in [0.3, 0.4) is 0 Å². The van der Waals surface area contributed by atoms with Crippen molar-refractivity contribution in [1.82, 2.24) is 4.98 Å².